The van der Waals surface area contributed by atoms with Crippen LogP contribution in [0.2, 0.25) is 0 Å². The van der Waals surface area contributed by atoms with Gasteiger partial charge in [-0.25, -0.2) is 0 Å². The summed E-state index contributed by atoms with van der Waals surface area (Å²) in [6, 6.07) is 8.53. The average molecular weight is 294 g/mol. The highest BCUT2D eigenvalue weighted by atomic mass is 32.2. The summed E-state index contributed by atoms with van der Waals surface area (Å²) < 4.78 is 30.7. The smallest absolute Gasteiger partial charge is 0.272 e. The topological polar surface area (TPSA) is 61.2 Å². The molecule has 1 aromatic carbocycles. The summed E-state index contributed by atoms with van der Waals surface area (Å²) in [5.41, 5.74) is 2.86. The van der Waals surface area contributed by atoms with Crippen LogP contribution < -0.4 is 0 Å². The lowest BCUT2D eigenvalue weighted by Gasteiger charge is -2.06. The first-order valence-corrected chi connectivity index (χ1v) is 7.75. The van der Waals surface area contributed by atoms with E-state index in [0.717, 1.165) is 17.0 Å². The Labute approximate surface area is 119 Å². The molecule has 0 unspecified atom stereocenters. The van der Waals surface area contributed by atoms with Crippen LogP contribution in [0.1, 0.15) is 17.0 Å². The van der Waals surface area contributed by atoms with E-state index in [9.17, 15) is 8.42 Å². The first-order valence-electron chi connectivity index (χ1n) is 6.34. The van der Waals surface area contributed by atoms with Crippen molar-refractivity contribution >= 4 is 10.1 Å². The van der Waals surface area contributed by atoms with Gasteiger partial charge in [-0.3, -0.25) is 8.86 Å². The van der Waals surface area contributed by atoms with Gasteiger partial charge in [-0.15, -0.1) is 0 Å². The summed E-state index contributed by atoms with van der Waals surface area (Å²) in [7, 11) is -1.85. The molecule has 0 aliphatic heterocycles. The molecule has 0 atom stereocenters. The average Bonchev–Trinajstić information content (AvgIpc) is 2.68. The minimum atomic E-state index is -3.68. The van der Waals surface area contributed by atoms with Crippen molar-refractivity contribution in [2.75, 3.05) is 6.61 Å². The van der Waals surface area contributed by atoms with E-state index >= 15 is 0 Å². The Morgan fingerprint density at radius 3 is 2.40 bits per heavy atom. The molecule has 0 amide bonds. The molecular weight excluding hydrogens is 276 g/mol. The summed E-state index contributed by atoms with van der Waals surface area (Å²) >= 11 is 0. The molecule has 0 saturated heterocycles. The van der Waals surface area contributed by atoms with Crippen LogP contribution in [0.5, 0.6) is 0 Å². The summed E-state index contributed by atoms with van der Waals surface area (Å²) in [5, 5.41) is 4.21. The highest BCUT2D eigenvalue weighted by molar-refractivity contribution is 7.86. The molecule has 20 heavy (non-hydrogen) atoms. The van der Waals surface area contributed by atoms with E-state index in [1.165, 1.54) is 0 Å². The minimum absolute atomic E-state index is 0.106. The van der Waals surface area contributed by atoms with Crippen LogP contribution in [0.4, 0.5) is 0 Å². The molecular formula is C14H18N2O3S. The number of benzene rings is 1. The highest BCUT2D eigenvalue weighted by Gasteiger charge is 2.15. The summed E-state index contributed by atoms with van der Waals surface area (Å²) in [4.78, 5) is 0.185. The second-order valence-electron chi connectivity index (χ2n) is 4.74. The fraction of sp³-hybridized carbons (Fsp3) is 0.357. The van der Waals surface area contributed by atoms with Gasteiger partial charge >= 0.3 is 0 Å². The molecule has 1 heterocycles. The molecule has 1 aromatic heterocycles. The number of aromatic nitrogens is 2. The molecule has 108 valence electrons. The monoisotopic (exact) mass is 294 g/mol. The van der Waals surface area contributed by atoms with E-state index in [1.54, 1.807) is 28.9 Å². The zero-order chi connectivity index (χ0) is 14.8. The molecule has 0 radical (unpaired) electrons. The zero-order valence-electron chi connectivity index (χ0n) is 11.8. The van der Waals surface area contributed by atoms with Crippen molar-refractivity contribution in [2.45, 2.75) is 25.2 Å². The Kier molecular flexibility index (Phi) is 4.25. The third-order valence-electron chi connectivity index (χ3n) is 3.01. The van der Waals surface area contributed by atoms with Crippen LogP contribution in [0, 0.1) is 13.8 Å². The van der Waals surface area contributed by atoms with Gasteiger partial charge < -0.3 is 0 Å². The van der Waals surface area contributed by atoms with E-state index in [-0.39, 0.29) is 11.5 Å². The van der Waals surface area contributed by atoms with Crippen molar-refractivity contribution in [3.63, 3.8) is 0 Å². The third kappa shape index (κ3) is 3.46. The second-order valence-corrected chi connectivity index (χ2v) is 6.36. The summed E-state index contributed by atoms with van der Waals surface area (Å²) in [6.07, 6.45) is 0.502. The van der Waals surface area contributed by atoms with Gasteiger partial charge in [0.15, 0.2) is 0 Å². The van der Waals surface area contributed by atoms with Crippen molar-refractivity contribution in [3.05, 3.63) is 47.3 Å². The number of aryl methyl sites for hydroxylation is 3. The quantitative estimate of drug-likeness (QED) is 0.791. The molecule has 6 heteroatoms. The Bertz CT molecular complexity index is 688. The Balaban J connectivity index is 1.99. The zero-order valence-corrected chi connectivity index (χ0v) is 12.6. The Hall–Kier alpha value is -1.66. The molecule has 0 saturated carbocycles. The maximum Gasteiger partial charge on any atom is 0.296 e. The molecule has 2 rings (SSSR count). The maximum atomic E-state index is 12.0. The fourth-order valence-corrected chi connectivity index (χ4v) is 2.84. The Morgan fingerprint density at radius 2 is 1.85 bits per heavy atom. The molecule has 0 aliphatic rings. The SMILES string of the molecule is Cc1ccc(S(=O)(=O)OCCc2cc(C)nn2C)cc1. The van der Waals surface area contributed by atoms with Gasteiger partial charge in [-0.05, 0) is 32.0 Å². The van der Waals surface area contributed by atoms with Crippen molar-refractivity contribution in [3.8, 4) is 0 Å². The first kappa shape index (κ1) is 14.7. The molecule has 2 aromatic rings. The van der Waals surface area contributed by atoms with Crippen LogP contribution in [0.15, 0.2) is 35.2 Å². The third-order valence-corrected chi connectivity index (χ3v) is 4.33. The van der Waals surface area contributed by atoms with Gasteiger partial charge in [0.25, 0.3) is 10.1 Å². The van der Waals surface area contributed by atoms with Crippen molar-refractivity contribution in [2.24, 2.45) is 7.05 Å². The lowest BCUT2D eigenvalue weighted by molar-refractivity contribution is 0.319. The highest BCUT2D eigenvalue weighted by Crippen LogP contribution is 2.14. The minimum Gasteiger partial charge on any atom is -0.272 e. The van der Waals surface area contributed by atoms with Crippen LogP contribution in [-0.4, -0.2) is 24.8 Å². The standard InChI is InChI=1S/C14H18N2O3S/c1-11-4-6-14(7-5-11)20(17,18)19-9-8-13-10-12(2)15-16(13)3/h4-7,10H,8-9H2,1-3H3. The van der Waals surface area contributed by atoms with Crippen molar-refractivity contribution in [1.82, 2.24) is 9.78 Å². The normalized spacial score (nSPS) is 11.8. The summed E-state index contributed by atoms with van der Waals surface area (Å²) in [5.74, 6) is 0. The predicted molar refractivity (Wildman–Crippen MR) is 76.0 cm³/mol. The van der Waals surface area contributed by atoms with E-state index in [1.807, 2.05) is 27.0 Å². The largest absolute Gasteiger partial charge is 0.296 e. The van der Waals surface area contributed by atoms with Crippen LogP contribution in [-0.2, 0) is 27.8 Å². The van der Waals surface area contributed by atoms with Crippen molar-refractivity contribution in [1.29, 1.82) is 0 Å². The summed E-state index contributed by atoms with van der Waals surface area (Å²) in [6.45, 7) is 3.91. The molecule has 0 spiro atoms. The van der Waals surface area contributed by atoms with Crippen LogP contribution in [0.25, 0.3) is 0 Å². The first-order chi connectivity index (χ1) is 9.38. The van der Waals surface area contributed by atoms with Gasteiger partial charge in [-0.2, -0.15) is 13.5 Å². The fourth-order valence-electron chi connectivity index (χ4n) is 1.93. The number of rotatable bonds is 5. The maximum absolute atomic E-state index is 12.0. The predicted octanol–water partition coefficient (Wildman–Crippen LogP) is 1.98. The van der Waals surface area contributed by atoms with Crippen LogP contribution >= 0.6 is 0 Å². The number of hydrogen-bond acceptors (Lipinski definition) is 4. The van der Waals surface area contributed by atoms with Gasteiger partial charge in [-0.1, -0.05) is 17.7 Å². The van der Waals surface area contributed by atoms with Gasteiger partial charge in [0.2, 0.25) is 0 Å². The van der Waals surface area contributed by atoms with Crippen LogP contribution in [0.3, 0.4) is 0 Å². The van der Waals surface area contributed by atoms with Gasteiger partial charge in [0.05, 0.1) is 17.2 Å². The Morgan fingerprint density at radius 1 is 1.20 bits per heavy atom. The molecule has 5 nitrogen and oxygen atoms in total. The van der Waals surface area contributed by atoms with E-state index in [2.05, 4.69) is 5.10 Å². The lowest BCUT2D eigenvalue weighted by atomic mass is 10.2. The second kappa shape index (κ2) is 5.76. The molecule has 0 N–H and O–H groups in total. The van der Waals surface area contributed by atoms with Gasteiger partial charge in [0, 0.05) is 19.2 Å². The van der Waals surface area contributed by atoms with E-state index < -0.39 is 10.1 Å². The number of nitrogens with zero attached hydrogens (tertiary/aromatic N) is 2. The molecule has 0 fully saturated rings. The van der Waals surface area contributed by atoms with E-state index in [4.69, 9.17) is 4.18 Å². The lowest BCUT2D eigenvalue weighted by Crippen LogP contribution is -2.10. The van der Waals surface area contributed by atoms with Crippen molar-refractivity contribution < 1.29 is 12.6 Å². The number of hydrogen-bond donors (Lipinski definition) is 0. The van der Waals surface area contributed by atoms with E-state index in [0.29, 0.717) is 6.42 Å². The molecule has 0 bridgehead atoms. The van der Waals surface area contributed by atoms with Gasteiger partial charge in [0.1, 0.15) is 0 Å². The molecule has 0 aliphatic carbocycles.